The molecule has 5 nitrogen and oxygen atoms in total. The van der Waals surface area contributed by atoms with E-state index in [-0.39, 0.29) is 5.69 Å². The van der Waals surface area contributed by atoms with Crippen LogP contribution in [0.1, 0.15) is 22.3 Å². The van der Waals surface area contributed by atoms with Gasteiger partial charge in [-0.05, 0) is 65.6 Å². The molecule has 4 aromatic carbocycles. The van der Waals surface area contributed by atoms with E-state index in [0.29, 0.717) is 12.4 Å². The number of benzene rings is 4. The molecule has 0 aliphatic rings. The highest BCUT2D eigenvalue weighted by Gasteiger charge is 2.09. The first-order valence-corrected chi connectivity index (χ1v) is 10.0. The number of aliphatic imine (C=N–C) groups is 1. The predicted octanol–water partition coefficient (Wildman–Crippen LogP) is 6.69. The Morgan fingerprint density at radius 2 is 1.71 bits per heavy atom. The normalized spacial score (nSPS) is 11.2. The van der Waals surface area contributed by atoms with E-state index in [9.17, 15) is 10.1 Å². The molecule has 0 saturated carbocycles. The minimum atomic E-state index is -0.407. The Morgan fingerprint density at radius 3 is 2.48 bits per heavy atom. The van der Waals surface area contributed by atoms with Crippen molar-refractivity contribution in [2.24, 2.45) is 4.99 Å². The molecule has 0 N–H and O–H groups in total. The first-order valence-electron chi connectivity index (χ1n) is 10.0. The first kappa shape index (κ1) is 20.3. The van der Waals surface area contributed by atoms with E-state index < -0.39 is 4.92 Å². The molecule has 0 aromatic heterocycles. The maximum absolute atomic E-state index is 10.9. The predicted molar refractivity (Wildman–Crippen MR) is 125 cm³/mol. The number of hydrogen-bond donors (Lipinski definition) is 0. The minimum Gasteiger partial charge on any atom is -0.488 e. The lowest BCUT2D eigenvalue weighted by molar-refractivity contribution is -0.384. The molecule has 0 radical (unpaired) electrons. The Kier molecular flexibility index (Phi) is 5.76. The van der Waals surface area contributed by atoms with Crippen LogP contribution >= 0.6 is 0 Å². The van der Waals surface area contributed by atoms with Gasteiger partial charge in [0.1, 0.15) is 12.4 Å². The molecule has 31 heavy (non-hydrogen) atoms. The van der Waals surface area contributed by atoms with E-state index in [1.54, 1.807) is 12.1 Å². The van der Waals surface area contributed by atoms with E-state index in [1.165, 1.54) is 17.7 Å². The average Bonchev–Trinajstić information content (AvgIpc) is 2.79. The summed E-state index contributed by atoms with van der Waals surface area (Å²) in [6.07, 6.45) is 1.86. The summed E-state index contributed by atoms with van der Waals surface area (Å²) in [5.41, 5.74) is 5.09. The van der Waals surface area contributed by atoms with E-state index >= 15 is 0 Å². The topological polar surface area (TPSA) is 64.7 Å². The fraction of sp³-hybridized carbons (Fsp3) is 0.115. The molecule has 0 amide bonds. The standard InChI is InChI=1S/C26H22N2O3/c1-18-6-5-9-25(19(18)2)27-16-24-23-8-4-3-7-21(23)12-15-26(24)31-17-20-10-13-22(14-11-20)28(29)30/h3-16H,17H2,1-2H3. The van der Waals surface area contributed by atoms with Gasteiger partial charge in [-0.2, -0.15) is 0 Å². The van der Waals surface area contributed by atoms with Crippen LogP contribution in [-0.2, 0) is 6.61 Å². The van der Waals surface area contributed by atoms with Gasteiger partial charge < -0.3 is 4.74 Å². The van der Waals surface area contributed by atoms with Crippen LogP contribution in [0, 0.1) is 24.0 Å². The summed E-state index contributed by atoms with van der Waals surface area (Å²) in [7, 11) is 0. The summed E-state index contributed by atoms with van der Waals surface area (Å²) in [5, 5.41) is 13.0. The molecule has 0 unspecified atom stereocenters. The van der Waals surface area contributed by atoms with Gasteiger partial charge in [0.25, 0.3) is 5.69 Å². The molecule has 0 saturated heterocycles. The summed E-state index contributed by atoms with van der Waals surface area (Å²) in [5.74, 6) is 0.714. The van der Waals surface area contributed by atoms with Crippen LogP contribution in [0.4, 0.5) is 11.4 Å². The summed E-state index contributed by atoms with van der Waals surface area (Å²) in [6, 6.07) is 24.6. The van der Waals surface area contributed by atoms with Gasteiger partial charge in [-0.25, -0.2) is 0 Å². The van der Waals surface area contributed by atoms with Crippen molar-refractivity contribution < 1.29 is 9.66 Å². The third-order valence-electron chi connectivity index (χ3n) is 5.38. The van der Waals surface area contributed by atoms with Crippen LogP contribution in [0.15, 0.2) is 83.9 Å². The summed E-state index contributed by atoms with van der Waals surface area (Å²) in [4.78, 5) is 15.2. The van der Waals surface area contributed by atoms with E-state index in [1.807, 2.05) is 42.6 Å². The maximum Gasteiger partial charge on any atom is 0.269 e. The molecule has 0 bridgehead atoms. The van der Waals surface area contributed by atoms with Crippen LogP contribution in [0.25, 0.3) is 10.8 Å². The van der Waals surface area contributed by atoms with Crippen molar-refractivity contribution in [3.8, 4) is 5.75 Å². The van der Waals surface area contributed by atoms with Crippen molar-refractivity contribution in [1.29, 1.82) is 0 Å². The van der Waals surface area contributed by atoms with Crippen LogP contribution in [0.5, 0.6) is 5.75 Å². The number of nitro groups is 1. The lowest BCUT2D eigenvalue weighted by atomic mass is 10.0. The molecule has 0 heterocycles. The molecule has 154 valence electrons. The highest BCUT2D eigenvalue weighted by Crippen LogP contribution is 2.29. The number of rotatable bonds is 6. The van der Waals surface area contributed by atoms with Crippen molar-refractivity contribution in [1.82, 2.24) is 0 Å². The van der Waals surface area contributed by atoms with Gasteiger partial charge in [0, 0.05) is 23.9 Å². The van der Waals surface area contributed by atoms with Crippen molar-refractivity contribution in [2.75, 3.05) is 0 Å². The second-order valence-electron chi connectivity index (χ2n) is 7.39. The van der Waals surface area contributed by atoms with E-state index in [2.05, 4.69) is 32.0 Å². The minimum absolute atomic E-state index is 0.0656. The van der Waals surface area contributed by atoms with E-state index in [4.69, 9.17) is 9.73 Å². The third-order valence-corrected chi connectivity index (χ3v) is 5.38. The van der Waals surface area contributed by atoms with Crippen LogP contribution in [-0.4, -0.2) is 11.1 Å². The number of nitro benzene ring substituents is 1. The second kappa shape index (κ2) is 8.79. The van der Waals surface area contributed by atoms with Crippen molar-refractivity contribution >= 4 is 28.4 Å². The monoisotopic (exact) mass is 410 g/mol. The summed E-state index contributed by atoms with van der Waals surface area (Å²) >= 11 is 0. The van der Waals surface area contributed by atoms with Gasteiger partial charge in [-0.15, -0.1) is 0 Å². The molecule has 4 rings (SSSR count). The van der Waals surface area contributed by atoms with E-state index in [0.717, 1.165) is 33.2 Å². The SMILES string of the molecule is Cc1cccc(N=Cc2c(OCc3ccc([N+](=O)[O-])cc3)ccc3ccccc23)c1C. The average molecular weight is 410 g/mol. The maximum atomic E-state index is 10.9. The number of aryl methyl sites for hydroxylation is 1. The molecule has 0 spiro atoms. The number of hydrogen-bond acceptors (Lipinski definition) is 4. The second-order valence-corrected chi connectivity index (χ2v) is 7.39. The molecule has 0 fully saturated rings. The first-order chi connectivity index (χ1) is 15.0. The molecule has 5 heteroatoms. The smallest absolute Gasteiger partial charge is 0.269 e. The fourth-order valence-electron chi connectivity index (χ4n) is 3.42. The number of ether oxygens (including phenoxy) is 1. The number of non-ortho nitro benzene ring substituents is 1. The van der Waals surface area contributed by atoms with Crippen molar-refractivity contribution in [3.63, 3.8) is 0 Å². The van der Waals surface area contributed by atoms with Gasteiger partial charge in [-0.3, -0.25) is 15.1 Å². The largest absolute Gasteiger partial charge is 0.488 e. The summed E-state index contributed by atoms with van der Waals surface area (Å²) in [6.45, 7) is 4.45. The lowest BCUT2D eigenvalue weighted by Crippen LogP contribution is -1.99. The van der Waals surface area contributed by atoms with Crippen LogP contribution in [0.2, 0.25) is 0 Å². The molecule has 4 aromatic rings. The van der Waals surface area contributed by atoms with Crippen molar-refractivity contribution in [2.45, 2.75) is 20.5 Å². The Labute approximate surface area is 180 Å². The zero-order valence-electron chi connectivity index (χ0n) is 17.4. The molecule has 0 aliphatic heterocycles. The van der Waals surface area contributed by atoms with Crippen LogP contribution in [0.3, 0.4) is 0 Å². The highest BCUT2D eigenvalue weighted by molar-refractivity contribution is 6.03. The number of fused-ring (bicyclic) bond motifs is 1. The molecule has 0 aliphatic carbocycles. The van der Waals surface area contributed by atoms with Gasteiger partial charge in [-0.1, -0.05) is 42.5 Å². The molecule has 0 atom stereocenters. The van der Waals surface area contributed by atoms with Gasteiger partial charge in [0.05, 0.1) is 10.6 Å². The van der Waals surface area contributed by atoms with Crippen molar-refractivity contribution in [3.05, 3.63) is 111 Å². The Bertz CT molecular complexity index is 1280. The number of nitrogens with zero attached hydrogens (tertiary/aromatic N) is 2. The Hall–Kier alpha value is -3.99. The highest BCUT2D eigenvalue weighted by atomic mass is 16.6. The fourth-order valence-corrected chi connectivity index (χ4v) is 3.42. The third kappa shape index (κ3) is 4.46. The Balaban J connectivity index is 1.67. The molecular weight excluding hydrogens is 388 g/mol. The van der Waals surface area contributed by atoms with Gasteiger partial charge in [0.15, 0.2) is 0 Å². The van der Waals surface area contributed by atoms with Gasteiger partial charge >= 0.3 is 0 Å². The molecular formula is C26H22N2O3. The summed E-state index contributed by atoms with van der Waals surface area (Å²) < 4.78 is 6.11. The lowest BCUT2D eigenvalue weighted by Gasteiger charge is -2.12. The quantitative estimate of drug-likeness (QED) is 0.202. The zero-order chi connectivity index (χ0) is 21.8. The van der Waals surface area contributed by atoms with Crippen LogP contribution < -0.4 is 4.74 Å². The Morgan fingerprint density at radius 1 is 0.935 bits per heavy atom. The zero-order valence-corrected chi connectivity index (χ0v) is 17.4. The van der Waals surface area contributed by atoms with Gasteiger partial charge in [0.2, 0.25) is 0 Å².